The lowest BCUT2D eigenvalue weighted by Crippen LogP contribution is -2.49. The van der Waals surface area contributed by atoms with Crippen molar-refractivity contribution in [3.05, 3.63) is 89.2 Å². The standard InChI is InChI=1S/C31H35FN4O2/c1-33-12-14-34(15-13-33)20-21-38-29-11-10-23(32)22-28(29)31(37)36-18-16-35(17-19-36)30-26-8-4-2-6-24(26)25-7-3-5-9-27(25)30/h2-11,22,30H,12-21H2,1H3. The molecule has 0 unspecified atom stereocenters. The Morgan fingerprint density at radius 2 is 1.47 bits per heavy atom. The van der Waals surface area contributed by atoms with Crippen molar-refractivity contribution in [2.45, 2.75) is 6.04 Å². The molecule has 6 nitrogen and oxygen atoms in total. The summed E-state index contributed by atoms with van der Waals surface area (Å²) >= 11 is 0. The summed E-state index contributed by atoms with van der Waals surface area (Å²) in [6.45, 7) is 8.08. The lowest BCUT2D eigenvalue weighted by Gasteiger charge is -2.39. The summed E-state index contributed by atoms with van der Waals surface area (Å²) in [6.07, 6.45) is 0. The molecule has 0 saturated carbocycles. The van der Waals surface area contributed by atoms with Crippen molar-refractivity contribution in [3.63, 3.8) is 0 Å². The van der Waals surface area contributed by atoms with Crippen LogP contribution in [0.1, 0.15) is 27.5 Å². The molecule has 1 amide bonds. The van der Waals surface area contributed by atoms with Gasteiger partial charge < -0.3 is 14.5 Å². The Labute approximate surface area is 224 Å². The number of benzene rings is 3. The van der Waals surface area contributed by atoms with Crippen LogP contribution in [0.3, 0.4) is 0 Å². The van der Waals surface area contributed by atoms with Crippen molar-refractivity contribution in [2.75, 3.05) is 72.6 Å². The van der Waals surface area contributed by atoms with Crippen molar-refractivity contribution >= 4 is 5.91 Å². The number of rotatable bonds is 6. The second kappa shape index (κ2) is 10.8. The van der Waals surface area contributed by atoms with Crippen LogP contribution in [0.5, 0.6) is 5.75 Å². The first-order valence-corrected chi connectivity index (χ1v) is 13.6. The van der Waals surface area contributed by atoms with Crippen LogP contribution >= 0.6 is 0 Å². The van der Waals surface area contributed by atoms with Crippen LogP contribution in [0.25, 0.3) is 11.1 Å². The number of hydrogen-bond acceptors (Lipinski definition) is 5. The maximum atomic E-state index is 14.2. The number of amides is 1. The van der Waals surface area contributed by atoms with Crippen molar-refractivity contribution in [1.82, 2.24) is 19.6 Å². The molecular weight excluding hydrogens is 479 g/mol. The normalized spacial score (nSPS) is 18.8. The number of piperazine rings is 2. The van der Waals surface area contributed by atoms with E-state index in [9.17, 15) is 9.18 Å². The van der Waals surface area contributed by atoms with Gasteiger partial charge in [0.25, 0.3) is 5.91 Å². The smallest absolute Gasteiger partial charge is 0.257 e. The van der Waals surface area contributed by atoms with Gasteiger partial charge in [0.15, 0.2) is 0 Å². The molecule has 3 aliphatic rings. The van der Waals surface area contributed by atoms with Crippen LogP contribution in [-0.4, -0.2) is 98.1 Å². The van der Waals surface area contributed by atoms with Gasteiger partial charge in [-0.3, -0.25) is 14.6 Å². The quantitative estimate of drug-likeness (QED) is 0.498. The highest BCUT2D eigenvalue weighted by Crippen LogP contribution is 2.46. The summed E-state index contributed by atoms with van der Waals surface area (Å²) < 4.78 is 20.3. The van der Waals surface area contributed by atoms with Gasteiger partial charge in [-0.1, -0.05) is 48.5 Å². The van der Waals surface area contributed by atoms with Crippen LogP contribution in [0.4, 0.5) is 4.39 Å². The van der Waals surface area contributed by atoms with Gasteiger partial charge in [0.1, 0.15) is 18.2 Å². The van der Waals surface area contributed by atoms with Crippen LogP contribution in [0.2, 0.25) is 0 Å². The number of carbonyl (C=O) groups is 1. The Balaban J connectivity index is 1.11. The largest absolute Gasteiger partial charge is 0.491 e. The first-order valence-electron chi connectivity index (χ1n) is 13.6. The predicted molar refractivity (Wildman–Crippen MR) is 147 cm³/mol. The molecule has 0 aromatic heterocycles. The van der Waals surface area contributed by atoms with E-state index in [0.29, 0.717) is 31.0 Å². The molecule has 38 heavy (non-hydrogen) atoms. The van der Waals surface area contributed by atoms with Crippen molar-refractivity contribution in [3.8, 4) is 16.9 Å². The highest BCUT2D eigenvalue weighted by Gasteiger charge is 2.35. The van der Waals surface area contributed by atoms with Gasteiger partial charge in [-0.25, -0.2) is 4.39 Å². The summed E-state index contributed by atoms with van der Waals surface area (Å²) in [4.78, 5) is 22.5. The second-order valence-corrected chi connectivity index (χ2v) is 10.5. The van der Waals surface area contributed by atoms with Gasteiger partial charge in [0.05, 0.1) is 11.6 Å². The first-order chi connectivity index (χ1) is 18.6. The van der Waals surface area contributed by atoms with E-state index in [0.717, 1.165) is 45.8 Å². The number of nitrogens with zero attached hydrogens (tertiary/aromatic N) is 4. The molecule has 0 spiro atoms. The molecule has 6 rings (SSSR count). The average molecular weight is 515 g/mol. The van der Waals surface area contributed by atoms with Crippen molar-refractivity contribution in [1.29, 1.82) is 0 Å². The zero-order chi connectivity index (χ0) is 26.1. The number of fused-ring (bicyclic) bond motifs is 3. The maximum Gasteiger partial charge on any atom is 0.257 e. The topological polar surface area (TPSA) is 39.3 Å². The maximum absolute atomic E-state index is 14.2. The highest BCUT2D eigenvalue weighted by atomic mass is 19.1. The molecule has 3 aromatic rings. The molecule has 2 fully saturated rings. The molecule has 0 atom stereocenters. The number of likely N-dealkylation sites (N-methyl/N-ethyl adjacent to an activating group) is 1. The third-order valence-corrected chi connectivity index (χ3v) is 8.20. The van der Waals surface area contributed by atoms with E-state index in [-0.39, 0.29) is 11.9 Å². The molecule has 2 heterocycles. The van der Waals surface area contributed by atoms with Gasteiger partial charge in [0, 0.05) is 58.9 Å². The molecule has 198 valence electrons. The third-order valence-electron chi connectivity index (χ3n) is 8.20. The minimum absolute atomic E-state index is 0.161. The van der Waals surface area contributed by atoms with E-state index in [4.69, 9.17) is 4.74 Å². The van der Waals surface area contributed by atoms with E-state index < -0.39 is 5.82 Å². The van der Waals surface area contributed by atoms with Crippen molar-refractivity contribution < 1.29 is 13.9 Å². The monoisotopic (exact) mass is 514 g/mol. The van der Waals surface area contributed by atoms with Crippen LogP contribution < -0.4 is 4.74 Å². The number of halogens is 1. The Kier molecular flexibility index (Phi) is 7.15. The minimum Gasteiger partial charge on any atom is -0.491 e. The molecule has 1 aliphatic carbocycles. The first kappa shape index (κ1) is 25.0. The van der Waals surface area contributed by atoms with Gasteiger partial charge >= 0.3 is 0 Å². The fraction of sp³-hybridized carbons (Fsp3) is 0.387. The van der Waals surface area contributed by atoms with Gasteiger partial charge in [0.2, 0.25) is 0 Å². The molecule has 7 heteroatoms. The zero-order valence-electron chi connectivity index (χ0n) is 22.0. The average Bonchev–Trinajstić information content (AvgIpc) is 3.29. The number of carbonyl (C=O) groups excluding carboxylic acids is 1. The second-order valence-electron chi connectivity index (χ2n) is 10.5. The van der Waals surface area contributed by atoms with Crippen LogP contribution in [-0.2, 0) is 0 Å². The lowest BCUT2D eigenvalue weighted by atomic mass is 10.0. The SMILES string of the molecule is CN1CCN(CCOc2ccc(F)cc2C(=O)N2CCN(C3c4ccccc4-c4ccccc43)CC2)CC1. The van der Waals surface area contributed by atoms with Crippen molar-refractivity contribution in [2.24, 2.45) is 0 Å². The Hall–Kier alpha value is -3.26. The lowest BCUT2D eigenvalue weighted by molar-refractivity contribution is 0.0594. The molecule has 0 bridgehead atoms. The minimum atomic E-state index is -0.419. The zero-order valence-corrected chi connectivity index (χ0v) is 22.0. The van der Waals surface area contributed by atoms with Gasteiger partial charge in [-0.15, -0.1) is 0 Å². The van der Waals surface area contributed by atoms with E-state index in [1.54, 1.807) is 6.07 Å². The molecule has 2 saturated heterocycles. The summed E-state index contributed by atoms with van der Waals surface area (Å²) in [7, 11) is 2.13. The molecular formula is C31H35FN4O2. The Morgan fingerprint density at radius 3 is 2.13 bits per heavy atom. The van der Waals surface area contributed by atoms with Crippen LogP contribution in [0.15, 0.2) is 66.7 Å². The number of hydrogen-bond donors (Lipinski definition) is 0. The van der Waals surface area contributed by atoms with E-state index in [1.807, 2.05) is 4.90 Å². The molecule has 3 aromatic carbocycles. The fourth-order valence-electron chi connectivity index (χ4n) is 6.03. The summed E-state index contributed by atoms with van der Waals surface area (Å²) in [5.74, 6) is -0.116. The molecule has 0 N–H and O–H groups in total. The highest BCUT2D eigenvalue weighted by molar-refractivity contribution is 5.97. The third kappa shape index (κ3) is 4.94. The van der Waals surface area contributed by atoms with Crippen LogP contribution in [0, 0.1) is 5.82 Å². The Bertz CT molecular complexity index is 1250. The molecule has 0 radical (unpaired) electrons. The summed E-state index contributed by atoms with van der Waals surface area (Å²) in [5, 5.41) is 0. The van der Waals surface area contributed by atoms with Gasteiger partial charge in [-0.2, -0.15) is 0 Å². The summed E-state index contributed by atoms with van der Waals surface area (Å²) in [6, 6.07) is 21.7. The van der Waals surface area contributed by atoms with E-state index in [1.165, 1.54) is 34.4 Å². The van der Waals surface area contributed by atoms with Gasteiger partial charge in [-0.05, 0) is 47.5 Å². The fourth-order valence-corrected chi connectivity index (χ4v) is 6.03. The Morgan fingerprint density at radius 1 is 0.842 bits per heavy atom. The predicted octanol–water partition coefficient (Wildman–Crippen LogP) is 3.98. The molecule has 2 aliphatic heterocycles. The number of ether oxygens (including phenoxy) is 1. The van der Waals surface area contributed by atoms with E-state index >= 15 is 0 Å². The van der Waals surface area contributed by atoms with E-state index in [2.05, 4.69) is 70.3 Å². The summed E-state index contributed by atoms with van der Waals surface area (Å²) in [5.41, 5.74) is 5.56.